The molecule has 0 aliphatic heterocycles. The van der Waals surface area contributed by atoms with Crippen LogP contribution in [0.5, 0.6) is 0 Å². The average molecular weight is 244 g/mol. The molecule has 3 rings (SSSR count). The van der Waals surface area contributed by atoms with Gasteiger partial charge in [-0.2, -0.15) is 0 Å². The minimum absolute atomic E-state index is 0.484. The van der Waals surface area contributed by atoms with E-state index >= 15 is 0 Å². The van der Waals surface area contributed by atoms with E-state index in [1.54, 1.807) is 6.20 Å². The van der Waals surface area contributed by atoms with Crippen molar-refractivity contribution in [1.82, 2.24) is 25.0 Å². The molecule has 94 valence electrons. The topological polar surface area (TPSA) is 82.5 Å². The maximum Gasteiger partial charge on any atom is 0.134 e. The Morgan fingerprint density at radius 3 is 2.83 bits per heavy atom. The van der Waals surface area contributed by atoms with E-state index < -0.39 is 0 Å². The van der Waals surface area contributed by atoms with E-state index in [2.05, 4.69) is 20.3 Å². The number of hydrogen-bond acceptors (Lipinski definition) is 5. The van der Waals surface area contributed by atoms with Gasteiger partial charge in [0.05, 0.1) is 11.9 Å². The Bertz CT molecular complexity index is 584. The first-order valence-electron chi connectivity index (χ1n) is 6.23. The number of rotatable bonds is 3. The quantitative estimate of drug-likeness (QED) is 0.885. The molecular formula is C12H16N6. The van der Waals surface area contributed by atoms with Gasteiger partial charge in [-0.3, -0.25) is 0 Å². The lowest BCUT2D eigenvalue weighted by molar-refractivity contribution is 0.631. The number of aryl methyl sites for hydroxylation is 1. The van der Waals surface area contributed by atoms with Gasteiger partial charge in [0.25, 0.3) is 0 Å². The first-order valence-corrected chi connectivity index (χ1v) is 6.23. The molecule has 0 aromatic carbocycles. The zero-order valence-corrected chi connectivity index (χ0v) is 10.6. The maximum atomic E-state index is 5.98. The third-order valence-electron chi connectivity index (χ3n) is 3.30. The van der Waals surface area contributed by atoms with Crippen LogP contribution in [0.15, 0.2) is 6.20 Å². The Kier molecular flexibility index (Phi) is 2.50. The molecule has 0 saturated heterocycles. The molecule has 6 heteroatoms. The zero-order chi connectivity index (χ0) is 12.7. The normalized spacial score (nSPS) is 15.0. The minimum atomic E-state index is 0.484. The van der Waals surface area contributed by atoms with Crippen LogP contribution in [0.25, 0.3) is 11.4 Å². The maximum absolute atomic E-state index is 5.98. The van der Waals surface area contributed by atoms with Crippen molar-refractivity contribution < 1.29 is 0 Å². The summed E-state index contributed by atoms with van der Waals surface area (Å²) >= 11 is 0. The molecule has 2 aromatic heterocycles. The zero-order valence-electron chi connectivity index (χ0n) is 10.6. The summed E-state index contributed by atoms with van der Waals surface area (Å²) in [5.74, 6) is 1.90. The number of nitrogen functional groups attached to an aromatic ring is 1. The third kappa shape index (κ3) is 1.73. The molecule has 0 bridgehead atoms. The van der Waals surface area contributed by atoms with E-state index in [0.29, 0.717) is 11.7 Å². The smallest absolute Gasteiger partial charge is 0.134 e. The second-order valence-electron chi connectivity index (χ2n) is 4.65. The van der Waals surface area contributed by atoms with E-state index in [0.717, 1.165) is 42.2 Å². The van der Waals surface area contributed by atoms with Gasteiger partial charge in [0.1, 0.15) is 17.3 Å². The van der Waals surface area contributed by atoms with Gasteiger partial charge in [0.15, 0.2) is 0 Å². The second-order valence-corrected chi connectivity index (χ2v) is 4.65. The Labute approximate surface area is 105 Å². The van der Waals surface area contributed by atoms with Crippen molar-refractivity contribution in [1.29, 1.82) is 0 Å². The summed E-state index contributed by atoms with van der Waals surface area (Å²) < 4.78 is 1.82. The summed E-state index contributed by atoms with van der Waals surface area (Å²) in [6, 6.07) is 0. The highest BCUT2D eigenvalue weighted by molar-refractivity contribution is 5.63. The van der Waals surface area contributed by atoms with E-state index in [9.17, 15) is 0 Å². The molecule has 18 heavy (non-hydrogen) atoms. The van der Waals surface area contributed by atoms with Crippen molar-refractivity contribution >= 4 is 5.82 Å². The van der Waals surface area contributed by atoms with E-state index in [4.69, 9.17) is 5.73 Å². The Balaban J connectivity index is 2.15. The third-order valence-corrected chi connectivity index (χ3v) is 3.30. The molecule has 0 spiro atoms. The predicted molar refractivity (Wildman–Crippen MR) is 67.8 cm³/mol. The highest BCUT2D eigenvalue weighted by Crippen LogP contribution is 2.39. The van der Waals surface area contributed by atoms with Gasteiger partial charge in [-0.25, -0.2) is 14.6 Å². The first kappa shape index (κ1) is 11.1. The van der Waals surface area contributed by atoms with Crippen LogP contribution in [0.2, 0.25) is 0 Å². The fraction of sp³-hybridized carbons (Fsp3) is 0.500. The van der Waals surface area contributed by atoms with Crippen LogP contribution >= 0.6 is 0 Å². The lowest BCUT2D eigenvalue weighted by atomic mass is 10.1. The predicted octanol–water partition coefficient (Wildman–Crippen LogP) is 1.52. The van der Waals surface area contributed by atoms with Gasteiger partial charge in [0.2, 0.25) is 0 Å². The van der Waals surface area contributed by atoms with Crippen LogP contribution in [0.3, 0.4) is 0 Å². The average Bonchev–Trinajstić information content (AvgIpc) is 3.11. The van der Waals surface area contributed by atoms with Crippen LogP contribution in [-0.2, 0) is 6.54 Å². The monoisotopic (exact) mass is 244 g/mol. The van der Waals surface area contributed by atoms with Crippen LogP contribution in [-0.4, -0.2) is 25.0 Å². The standard InChI is InChI=1S/C12H16N6/c1-3-18-9(6-14-17-18)10-7(2)11(13)16-12(15-10)8-4-5-8/h6,8H,3-5H2,1-2H3,(H2,13,15,16). The largest absolute Gasteiger partial charge is 0.383 e. The van der Waals surface area contributed by atoms with Crippen molar-refractivity contribution in [2.24, 2.45) is 0 Å². The molecule has 1 aliphatic carbocycles. The molecule has 1 saturated carbocycles. The molecule has 0 atom stereocenters. The highest BCUT2D eigenvalue weighted by atomic mass is 15.4. The molecule has 2 aromatic rings. The molecule has 1 fully saturated rings. The van der Waals surface area contributed by atoms with Crippen LogP contribution in [0, 0.1) is 6.92 Å². The summed E-state index contributed by atoms with van der Waals surface area (Å²) in [5, 5.41) is 7.98. The minimum Gasteiger partial charge on any atom is -0.383 e. The number of nitrogens with zero attached hydrogens (tertiary/aromatic N) is 5. The summed E-state index contributed by atoms with van der Waals surface area (Å²) in [5.41, 5.74) is 8.65. The molecular weight excluding hydrogens is 228 g/mol. The Morgan fingerprint density at radius 2 is 2.17 bits per heavy atom. The van der Waals surface area contributed by atoms with Crippen molar-refractivity contribution in [3.05, 3.63) is 17.6 Å². The molecule has 6 nitrogen and oxygen atoms in total. The summed E-state index contributed by atoms with van der Waals surface area (Å²) in [4.78, 5) is 9.03. The molecule has 1 aliphatic rings. The fourth-order valence-corrected chi connectivity index (χ4v) is 2.00. The molecule has 2 heterocycles. The first-order chi connectivity index (χ1) is 8.70. The summed E-state index contributed by atoms with van der Waals surface area (Å²) in [7, 11) is 0. The van der Waals surface area contributed by atoms with Crippen molar-refractivity contribution in [3.8, 4) is 11.4 Å². The number of aromatic nitrogens is 5. The lowest BCUT2D eigenvalue weighted by Crippen LogP contribution is -2.07. The fourth-order valence-electron chi connectivity index (χ4n) is 2.00. The summed E-state index contributed by atoms with van der Waals surface area (Å²) in [6.07, 6.45) is 4.05. The molecule has 0 amide bonds. The van der Waals surface area contributed by atoms with Crippen molar-refractivity contribution in [2.45, 2.75) is 39.2 Å². The molecule has 0 unspecified atom stereocenters. The second kappa shape index (κ2) is 4.04. The van der Waals surface area contributed by atoms with Crippen molar-refractivity contribution in [3.63, 3.8) is 0 Å². The Hall–Kier alpha value is -1.98. The number of nitrogens with two attached hydrogens (primary N) is 1. The van der Waals surface area contributed by atoms with Crippen LogP contribution < -0.4 is 5.73 Å². The lowest BCUT2D eigenvalue weighted by Gasteiger charge is -2.10. The van der Waals surface area contributed by atoms with E-state index in [-0.39, 0.29) is 0 Å². The molecule has 2 N–H and O–H groups in total. The van der Waals surface area contributed by atoms with Gasteiger partial charge < -0.3 is 5.73 Å². The van der Waals surface area contributed by atoms with Gasteiger partial charge in [-0.15, -0.1) is 5.10 Å². The number of hydrogen-bond donors (Lipinski definition) is 1. The van der Waals surface area contributed by atoms with Gasteiger partial charge >= 0.3 is 0 Å². The SMILES string of the molecule is CCn1nncc1-c1nc(C2CC2)nc(N)c1C. The van der Waals surface area contributed by atoms with Gasteiger partial charge in [-0.05, 0) is 26.7 Å². The summed E-state index contributed by atoms with van der Waals surface area (Å²) in [6.45, 7) is 4.73. The van der Waals surface area contributed by atoms with E-state index in [1.165, 1.54) is 0 Å². The Morgan fingerprint density at radius 1 is 1.39 bits per heavy atom. The van der Waals surface area contributed by atoms with Gasteiger partial charge in [0, 0.05) is 18.0 Å². The van der Waals surface area contributed by atoms with Crippen LogP contribution in [0.4, 0.5) is 5.82 Å². The van der Waals surface area contributed by atoms with E-state index in [1.807, 2.05) is 18.5 Å². The number of anilines is 1. The molecule has 0 radical (unpaired) electrons. The van der Waals surface area contributed by atoms with Gasteiger partial charge in [-0.1, -0.05) is 5.21 Å². The highest BCUT2D eigenvalue weighted by Gasteiger charge is 2.28. The van der Waals surface area contributed by atoms with Crippen LogP contribution in [0.1, 0.15) is 37.1 Å². The van der Waals surface area contributed by atoms with Crippen molar-refractivity contribution in [2.75, 3.05) is 5.73 Å².